The van der Waals surface area contributed by atoms with Crippen LogP contribution in [0.15, 0.2) is 47.4 Å². The van der Waals surface area contributed by atoms with Crippen molar-refractivity contribution in [2.24, 2.45) is 0 Å². The second kappa shape index (κ2) is 10.2. The van der Waals surface area contributed by atoms with Crippen LogP contribution in [0.3, 0.4) is 0 Å². The highest BCUT2D eigenvalue weighted by molar-refractivity contribution is 7.89. The zero-order valence-electron chi connectivity index (χ0n) is 17.6. The molecule has 0 N–H and O–H groups in total. The van der Waals surface area contributed by atoms with Crippen LogP contribution >= 0.6 is 11.6 Å². The van der Waals surface area contributed by atoms with Crippen molar-refractivity contribution in [3.63, 3.8) is 0 Å². The number of sulfonamides is 1. The second-order valence-electron chi connectivity index (χ2n) is 6.88. The van der Waals surface area contributed by atoms with E-state index in [1.807, 2.05) is 0 Å². The average Bonchev–Trinajstić information content (AvgIpc) is 2.82. The van der Waals surface area contributed by atoms with Crippen LogP contribution < -0.4 is 9.47 Å². The number of piperazine rings is 1. The molecule has 0 atom stereocenters. The van der Waals surface area contributed by atoms with Gasteiger partial charge in [-0.25, -0.2) is 13.2 Å². The number of methoxy groups -OCH3 is 2. The Bertz CT molecular complexity index is 1080. The largest absolute Gasteiger partial charge is 0.493 e. The Morgan fingerprint density at radius 3 is 2.16 bits per heavy atom. The molecular weight excluding hydrogens is 460 g/mol. The van der Waals surface area contributed by atoms with Crippen molar-refractivity contribution in [2.45, 2.75) is 4.90 Å². The fourth-order valence-corrected chi connectivity index (χ4v) is 4.75. The molecule has 0 bridgehead atoms. The summed E-state index contributed by atoms with van der Waals surface area (Å²) >= 11 is 5.82. The lowest BCUT2D eigenvalue weighted by Gasteiger charge is -2.33. The first kappa shape index (κ1) is 23.8. The molecule has 0 spiro atoms. The van der Waals surface area contributed by atoms with Crippen molar-refractivity contribution in [1.82, 2.24) is 9.21 Å². The van der Waals surface area contributed by atoms with Gasteiger partial charge >= 0.3 is 5.97 Å². The summed E-state index contributed by atoms with van der Waals surface area (Å²) in [5.74, 6) is -0.247. The van der Waals surface area contributed by atoms with E-state index in [-0.39, 0.29) is 36.6 Å². The van der Waals surface area contributed by atoms with E-state index in [1.165, 1.54) is 59.8 Å². The summed E-state index contributed by atoms with van der Waals surface area (Å²) in [4.78, 5) is 26.3. The van der Waals surface area contributed by atoms with Crippen molar-refractivity contribution in [3.05, 3.63) is 53.1 Å². The number of ether oxygens (including phenoxy) is 3. The summed E-state index contributed by atoms with van der Waals surface area (Å²) in [6.07, 6.45) is 0. The Morgan fingerprint density at radius 2 is 1.56 bits per heavy atom. The van der Waals surface area contributed by atoms with Crippen molar-refractivity contribution >= 4 is 33.5 Å². The van der Waals surface area contributed by atoms with E-state index < -0.39 is 28.5 Å². The molecule has 0 radical (unpaired) electrons. The van der Waals surface area contributed by atoms with Crippen LogP contribution in [0.2, 0.25) is 5.02 Å². The number of rotatable bonds is 7. The first-order chi connectivity index (χ1) is 15.3. The SMILES string of the molecule is COc1ccc(C(=O)OCC(=O)N2CCN(S(=O)(=O)c3ccc(Cl)cc3)CC2)cc1OC. The summed E-state index contributed by atoms with van der Waals surface area (Å²) in [7, 11) is -0.744. The quantitative estimate of drug-likeness (QED) is 0.556. The number of halogens is 1. The van der Waals surface area contributed by atoms with Crippen molar-refractivity contribution in [2.75, 3.05) is 47.0 Å². The molecule has 32 heavy (non-hydrogen) atoms. The van der Waals surface area contributed by atoms with Crippen LogP contribution in [-0.2, 0) is 19.6 Å². The van der Waals surface area contributed by atoms with Crippen LogP contribution in [0, 0.1) is 0 Å². The number of amides is 1. The second-order valence-corrected chi connectivity index (χ2v) is 9.26. The minimum Gasteiger partial charge on any atom is -0.493 e. The molecule has 9 nitrogen and oxygen atoms in total. The molecule has 1 aliphatic heterocycles. The first-order valence-electron chi connectivity index (χ1n) is 9.69. The first-order valence-corrected chi connectivity index (χ1v) is 11.5. The van der Waals surface area contributed by atoms with Crippen LogP contribution in [0.5, 0.6) is 11.5 Å². The third kappa shape index (κ3) is 5.32. The average molecular weight is 483 g/mol. The summed E-state index contributed by atoms with van der Waals surface area (Å²) in [6, 6.07) is 10.5. The summed E-state index contributed by atoms with van der Waals surface area (Å²) in [5.41, 5.74) is 0.217. The van der Waals surface area contributed by atoms with Gasteiger partial charge in [-0.05, 0) is 42.5 Å². The van der Waals surface area contributed by atoms with Gasteiger partial charge in [0.2, 0.25) is 10.0 Å². The molecule has 1 amide bonds. The molecule has 3 rings (SSSR count). The van der Waals surface area contributed by atoms with Crippen molar-refractivity contribution in [1.29, 1.82) is 0 Å². The molecule has 172 valence electrons. The van der Waals surface area contributed by atoms with Gasteiger partial charge in [-0.3, -0.25) is 4.79 Å². The highest BCUT2D eigenvalue weighted by Gasteiger charge is 2.30. The predicted molar refractivity (Wildman–Crippen MR) is 117 cm³/mol. The van der Waals surface area contributed by atoms with E-state index in [0.717, 1.165) is 0 Å². The summed E-state index contributed by atoms with van der Waals surface area (Å²) in [5, 5.41) is 0.446. The summed E-state index contributed by atoms with van der Waals surface area (Å²) < 4.78 is 42.2. The predicted octanol–water partition coefficient (Wildman–Crippen LogP) is 2.05. The maximum Gasteiger partial charge on any atom is 0.338 e. The van der Waals surface area contributed by atoms with E-state index in [2.05, 4.69) is 0 Å². The maximum absolute atomic E-state index is 12.7. The molecule has 1 saturated heterocycles. The van der Waals surface area contributed by atoms with Gasteiger partial charge in [0.15, 0.2) is 18.1 Å². The number of benzene rings is 2. The number of esters is 1. The molecule has 2 aromatic carbocycles. The molecule has 1 fully saturated rings. The van der Waals surface area contributed by atoms with Gasteiger partial charge in [0.1, 0.15) is 0 Å². The van der Waals surface area contributed by atoms with Crippen LogP contribution in [-0.4, -0.2) is 76.5 Å². The lowest BCUT2D eigenvalue weighted by Crippen LogP contribution is -2.51. The molecule has 0 aromatic heterocycles. The Balaban J connectivity index is 1.53. The molecule has 11 heteroatoms. The van der Waals surface area contributed by atoms with Crippen LogP contribution in [0.1, 0.15) is 10.4 Å². The van der Waals surface area contributed by atoms with E-state index in [9.17, 15) is 18.0 Å². The summed E-state index contributed by atoms with van der Waals surface area (Å²) in [6.45, 7) is 0.219. The monoisotopic (exact) mass is 482 g/mol. The van der Waals surface area contributed by atoms with Gasteiger partial charge in [0, 0.05) is 31.2 Å². The third-order valence-electron chi connectivity index (χ3n) is 4.99. The fourth-order valence-electron chi connectivity index (χ4n) is 3.20. The maximum atomic E-state index is 12.7. The van der Waals surface area contributed by atoms with Crippen LogP contribution in [0.4, 0.5) is 0 Å². The fraction of sp³-hybridized carbons (Fsp3) is 0.333. The number of carbonyl (C=O) groups excluding carboxylic acids is 2. The number of nitrogens with zero attached hydrogens (tertiary/aromatic N) is 2. The minimum absolute atomic E-state index is 0.139. The molecule has 2 aromatic rings. The normalized spacial score (nSPS) is 14.7. The molecule has 1 aliphatic rings. The smallest absolute Gasteiger partial charge is 0.338 e. The van der Waals surface area contributed by atoms with Crippen molar-refractivity contribution in [3.8, 4) is 11.5 Å². The minimum atomic E-state index is -3.67. The van der Waals surface area contributed by atoms with Gasteiger partial charge in [-0.2, -0.15) is 4.31 Å². The lowest BCUT2D eigenvalue weighted by atomic mass is 10.2. The molecule has 0 saturated carbocycles. The standard InChI is InChI=1S/C21H23ClN2O7S/c1-29-18-8-3-15(13-19(18)30-2)21(26)31-14-20(25)23-9-11-24(12-10-23)32(27,28)17-6-4-16(22)5-7-17/h3-8,13H,9-12,14H2,1-2H3. The van der Waals surface area contributed by atoms with Gasteiger partial charge in [-0.15, -0.1) is 0 Å². The zero-order chi connectivity index (χ0) is 23.3. The van der Waals surface area contributed by atoms with Crippen LogP contribution in [0.25, 0.3) is 0 Å². The Labute approximate surface area is 191 Å². The number of hydrogen-bond donors (Lipinski definition) is 0. The number of hydrogen-bond acceptors (Lipinski definition) is 7. The molecule has 1 heterocycles. The number of carbonyl (C=O) groups is 2. The van der Waals surface area contributed by atoms with E-state index in [4.69, 9.17) is 25.8 Å². The van der Waals surface area contributed by atoms with E-state index >= 15 is 0 Å². The third-order valence-corrected chi connectivity index (χ3v) is 7.15. The molecule has 0 unspecified atom stereocenters. The van der Waals surface area contributed by atoms with Gasteiger partial charge in [0.25, 0.3) is 5.91 Å². The Hall–Kier alpha value is -2.82. The van der Waals surface area contributed by atoms with E-state index in [0.29, 0.717) is 16.5 Å². The van der Waals surface area contributed by atoms with Crippen molar-refractivity contribution < 1.29 is 32.2 Å². The van der Waals surface area contributed by atoms with Gasteiger partial charge < -0.3 is 19.1 Å². The highest BCUT2D eigenvalue weighted by atomic mass is 35.5. The Kier molecular flexibility index (Phi) is 7.60. The lowest BCUT2D eigenvalue weighted by molar-refractivity contribution is -0.135. The molecular formula is C21H23ClN2O7S. The Morgan fingerprint density at radius 1 is 0.938 bits per heavy atom. The van der Waals surface area contributed by atoms with Gasteiger partial charge in [-0.1, -0.05) is 11.6 Å². The topological polar surface area (TPSA) is 102 Å². The molecule has 0 aliphatic carbocycles. The van der Waals surface area contributed by atoms with E-state index in [1.54, 1.807) is 6.07 Å². The highest BCUT2D eigenvalue weighted by Crippen LogP contribution is 2.27. The van der Waals surface area contributed by atoms with Gasteiger partial charge in [0.05, 0.1) is 24.7 Å². The zero-order valence-corrected chi connectivity index (χ0v) is 19.2.